The molecule has 110 valence electrons. The molecule has 3 rings (SSSR count). The number of fused-ring (bicyclic) bond motifs is 1. The molecule has 2 heterocycles. The van der Waals surface area contributed by atoms with Crippen molar-refractivity contribution in [3.8, 4) is 0 Å². The zero-order chi connectivity index (χ0) is 15.0. The van der Waals surface area contributed by atoms with Gasteiger partial charge in [0.25, 0.3) is 0 Å². The molecule has 1 aliphatic rings. The first-order valence-corrected chi connectivity index (χ1v) is 6.88. The van der Waals surface area contributed by atoms with Crippen molar-refractivity contribution in [2.45, 2.75) is 32.8 Å². The van der Waals surface area contributed by atoms with E-state index >= 15 is 0 Å². The van der Waals surface area contributed by atoms with Gasteiger partial charge in [-0.05, 0) is 25.0 Å². The highest BCUT2D eigenvalue weighted by molar-refractivity contribution is 5.89. The van der Waals surface area contributed by atoms with Gasteiger partial charge in [-0.3, -0.25) is 4.79 Å². The van der Waals surface area contributed by atoms with E-state index in [2.05, 4.69) is 0 Å². The van der Waals surface area contributed by atoms with Gasteiger partial charge in [-0.1, -0.05) is 12.1 Å². The number of carbonyl (C=O) groups is 2. The van der Waals surface area contributed by atoms with Crippen LogP contribution >= 0.6 is 0 Å². The van der Waals surface area contributed by atoms with Crippen molar-refractivity contribution in [2.75, 3.05) is 6.61 Å². The van der Waals surface area contributed by atoms with Gasteiger partial charge in [-0.2, -0.15) is 0 Å². The zero-order valence-electron chi connectivity index (χ0n) is 12.0. The quantitative estimate of drug-likeness (QED) is 0.812. The van der Waals surface area contributed by atoms with E-state index in [1.165, 1.54) is 0 Å². The zero-order valence-corrected chi connectivity index (χ0v) is 12.0. The van der Waals surface area contributed by atoms with Gasteiger partial charge in [-0.25, -0.2) is 4.79 Å². The Morgan fingerprint density at radius 3 is 2.90 bits per heavy atom. The van der Waals surface area contributed by atoms with E-state index in [0.29, 0.717) is 13.0 Å². The second kappa shape index (κ2) is 5.24. The first-order chi connectivity index (χ1) is 10.1. The summed E-state index contributed by atoms with van der Waals surface area (Å²) in [5, 5.41) is 0.907. The van der Waals surface area contributed by atoms with Gasteiger partial charge in [0, 0.05) is 17.4 Å². The van der Waals surface area contributed by atoms with E-state index in [1.807, 2.05) is 26.0 Å². The van der Waals surface area contributed by atoms with Crippen molar-refractivity contribution >= 4 is 22.9 Å². The molecule has 1 atom stereocenters. The van der Waals surface area contributed by atoms with Crippen molar-refractivity contribution < 1.29 is 23.5 Å². The minimum absolute atomic E-state index is 0.0826. The summed E-state index contributed by atoms with van der Waals surface area (Å²) in [5.41, 5.74) is 3.76. The highest BCUT2D eigenvalue weighted by atomic mass is 16.6. The van der Waals surface area contributed by atoms with Gasteiger partial charge in [0.1, 0.15) is 5.58 Å². The molecule has 0 spiro atoms. The van der Waals surface area contributed by atoms with Crippen molar-refractivity contribution in [3.63, 3.8) is 0 Å². The lowest BCUT2D eigenvalue weighted by molar-refractivity contribution is -0.159. The van der Waals surface area contributed by atoms with Crippen LogP contribution in [-0.2, 0) is 25.5 Å². The fourth-order valence-corrected chi connectivity index (χ4v) is 2.47. The summed E-state index contributed by atoms with van der Waals surface area (Å²) in [5.74, 6) is -0.911. The molecule has 0 unspecified atom stereocenters. The summed E-state index contributed by atoms with van der Waals surface area (Å²) in [6.45, 7) is 4.30. The highest BCUT2D eigenvalue weighted by Crippen LogP contribution is 2.27. The molecule has 0 aliphatic carbocycles. The second-order valence-electron chi connectivity index (χ2n) is 5.26. The number of cyclic esters (lactones) is 1. The number of rotatable bonds is 3. The normalized spacial score (nSPS) is 18.0. The summed E-state index contributed by atoms with van der Waals surface area (Å²) in [6.07, 6.45) is 1.32. The van der Waals surface area contributed by atoms with Gasteiger partial charge in [0.15, 0.2) is 0 Å². The Kier molecular flexibility index (Phi) is 3.41. The number of carbonyl (C=O) groups excluding carboxylic acids is 2. The first kappa shape index (κ1) is 13.7. The average Bonchev–Trinajstić information content (AvgIpc) is 3.02. The average molecular weight is 288 g/mol. The first-order valence-electron chi connectivity index (χ1n) is 6.88. The Morgan fingerprint density at radius 1 is 1.38 bits per heavy atom. The maximum atomic E-state index is 11.9. The van der Waals surface area contributed by atoms with E-state index in [9.17, 15) is 9.59 Å². The van der Waals surface area contributed by atoms with Crippen molar-refractivity contribution in [2.24, 2.45) is 0 Å². The molecule has 0 bridgehead atoms. The molecule has 2 aromatic rings. The van der Waals surface area contributed by atoms with Gasteiger partial charge >= 0.3 is 11.9 Å². The molecule has 1 aromatic heterocycles. The highest BCUT2D eigenvalue weighted by Gasteiger charge is 2.30. The molecule has 0 saturated carbocycles. The molecule has 5 heteroatoms. The van der Waals surface area contributed by atoms with Crippen LogP contribution in [0.4, 0.5) is 0 Å². The van der Waals surface area contributed by atoms with Crippen LogP contribution in [-0.4, -0.2) is 24.6 Å². The van der Waals surface area contributed by atoms with E-state index in [4.69, 9.17) is 13.9 Å². The maximum Gasteiger partial charge on any atom is 0.347 e. The van der Waals surface area contributed by atoms with Gasteiger partial charge in [-0.15, -0.1) is 0 Å². The summed E-state index contributed by atoms with van der Waals surface area (Å²) in [7, 11) is 0. The lowest BCUT2D eigenvalue weighted by atomic mass is 10.0. The molecular formula is C16H16O5. The number of benzene rings is 1. The van der Waals surface area contributed by atoms with Crippen LogP contribution in [0.1, 0.15) is 23.1 Å². The molecular weight excluding hydrogens is 272 g/mol. The molecule has 5 nitrogen and oxygen atoms in total. The molecule has 0 amide bonds. The van der Waals surface area contributed by atoms with Gasteiger partial charge in [0.2, 0.25) is 6.10 Å². The predicted octanol–water partition coefficient (Wildman–Crippen LogP) is 2.45. The molecule has 0 N–H and O–H groups in total. The second-order valence-corrected chi connectivity index (χ2v) is 5.26. The van der Waals surface area contributed by atoms with E-state index in [1.54, 1.807) is 6.26 Å². The Balaban J connectivity index is 1.77. The molecule has 1 aliphatic heterocycles. The van der Waals surface area contributed by atoms with Crippen molar-refractivity contribution in [3.05, 3.63) is 35.1 Å². The number of esters is 2. The Labute approximate surface area is 121 Å². The Bertz CT molecular complexity index is 713. The topological polar surface area (TPSA) is 65.7 Å². The van der Waals surface area contributed by atoms with Gasteiger partial charge in [0.05, 0.1) is 19.3 Å². The number of hydrogen-bond donors (Lipinski definition) is 0. The van der Waals surface area contributed by atoms with Crippen LogP contribution < -0.4 is 0 Å². The van der Waals surface area contributed by atoms with Crippen LogP contribution in [0.25, 0.3) is 11.0 Å². The van der Waals surface area contributed by atoms with Gasteiger partial charge < -0.3 is 13.9 Å². The third-order valence-corrected chi connectivity index (χ3v) is 3.84. The fourth-order valence-electron chi connectivity index (χ4n) is 2.47. The SMILES string of the molecule is Cc1ccc2c(CC(=O)O[C@H]3CCOC3=O)coc2c1C. The van der Waals surface area contributed by atoms with Crippen LogP contribution in [0.15, 0.2) is 22.8 Å². The molecule has 1 fully saturated rings. The van der Waals surface area contributed by atoms with E-state index < -0.39 is 18.0 Å². The smallest absolute Gasteiger partial charge is 0.347 e. The lowest BCUT2D eigenvalue weighted by Gasteiger charge is -2.07. The standard InChI is InChI=1S/C16H16O5/c1-9-3-4-12-11(8-20-15(12)10(9)2)7-14(17)21-13-5-6-19-16(13)18/h3-4,8,13H,5-7H2,1-2H3/t13-/m0/s1. The number of ether oxygens (including phenoxy) is 2. The number of furan rings is 1. The maximum absolute atomic E-state index is 11.9. The largest absolute Gasteiger partial charge is 0.464 e. The van der Waals surface area contributed by atoms with E-state index in [0.717, 1.165) is 27.7 Å². The van der Waals surface area contributed by atoms with E-state index in [-0.39, 0.29) is 6.42 Å². The molecule has 1 saturated heterocycles. The summed E-state index contributed by atoms with van der Waals surface area (Å²) < 4.78 is 15.5. The van der Waals surface area contributed by atoms with Crippen molar-refractivity contribution in [1.29, 1.82) is 0 Å². The minimum atomic E-state index is -0.764. The predicted molar refractivity (Wildman–Crippen MR) is 74.8 cm³/mol. The summed E-state index contributed by atoms with van der Waals surface area (Å²) in [6, 6.07) is 3.93. The summed E-state index contributed by atoms with van der Waals surface area (Å²) in [4.78, 5) is 23.2. The number of hydrogen-bond acceptors (Lipinski definition) is 5. The third-order valence-electron chi connectivity index (χ3n) is 3.84. The lowest BCUT2D eigenvalue weighted by Crippen LogP contribution is -2.23. The van der Waals surface area contributed by atoms with Crippen molar-refractivity contribution in [1.82, 2.24) is 0 Å². The minimum Gasteiger partial charge on any atom is -0.464 e. The Hall–Kier alpha value is -2.30. The molecule has 0 radical (unpaired) electrons. The fraction of sp³-hybridized carbons (Fsp3) is 0.375. The third kappa shape index (κ3) is 2.51. The van der Waals surface area contributed by atoms with Crippen LogP contribution in [0, 0.1) is 13.8 Å². The van der Waals surface area contributed by atoms with Crippen LogP contribution in [0.3, 0.4) is 0 Å². The number of aryl methyl sites for hydroxylation is 2. The monoisotopic (exact) mass is 288 g/mol. The van der Waals surface area contributed by atoms with Crippen LogP contribution in [0.2, 0.25) is 0 Å². The van der Waals surface area contributed by atoms with Crippen LogP contribution in [0.5, 0.6) is 0 Å². The summed E-state index contributed by atoms with van der Waals surface area (Å²) >= 11 is 0. The Morgan fingerprint density at radius 2 is 2.19 bits per heavy atom. The molecule has 21 heavy (non-hydrogen) atoms. The molecule has 1 aromatic carbocycles.